The van der Waals surface area contributed by atoms with E-state index in [1.807, 2.05) is 18.3 Å². The summed E-state index contributed by atoms with van der Waals surface area (Å²) in [6.45, 7) is 2.84. The zero-order valence-electron chi connectivity index (χ0n) is 16.7. The molecule has 1 aliphatic heterocycles. The molecule has 0 saturated heterocycles. The van der Waals surface area contributed by atoms with Crippen LogP contribution in [0, 0.1) is 0 Å². The van der Waals surface area contributed by atoms with Gasteiger partial charge in [-0.3, -0.25) is 9.69 Å². The van der Waals surface area contributed by atoms with Crippen LogP contribution in [0.4, 0.5) is 5.13 Å². The van der Waals surface area contributed by atoms with Crippen LogP contribution in [0.2, 0.25) is 0 Å². The third kappa shape index (κ3) is 4.15. The number of hydrogen-bond donors (Lipinski definition) is 2. The summed E-state index contributed by atoms with van der Waals surface area (Å²) in [4.78, 5) is 24.2. The van der Waals surface area contributed by atoms with Gasteiger partial charge in [-0.25, -0.2) is 4.98 Å². The molecule has 0 atom stereocenters. The Morgan fingerprint density at radius 1 is 1.13 bits per heavy atom. The van der Waals surface area contributed by atoms with Gasteiger partial charge in [0.25, 0.3) is 0 Å². The number of fused-ring (bicyclic) bond motifs is 2. The van der Waals surface area contributed by atoms with Crippen molar-refractivity contribution in [3.8, 4) is 0 Å². The van der Waals surface area contributed by atoms with Crippen molar-refractivity contribution in [2.75, 3.05) is 11.9 Å². The molecule has 0 unspecified atom stereocenters. The summed E-state index contributed by atoms with van der Waals surface area (Å²) in [6, 6.07) is 18.7. The highest BCUT2D eigenvalue weighted by atomic mass is 32.1. The number of thiazole rings is 1. The Balaban J connectivity index is 1.18. The molecular formula is C24H24N4OS. The number of nitrogens with one attached hydrogen (secondary N) is 2. The van der Waals surface area contributed by atoms with E-state index in [-0.39, 0.29) is 5.91 Å². The fourth-order valence-corrected chi connectivity index (χ4v) is 5.11. The molecule has 0 bridgehead atoms. The first-order valence-electron chi connectivity index (χ1n) is 10.3. The predicted octanol–water partition coefficient (Wildman–Crippen LogP) is 4.75. The minimum absolute atomic E-state index is 0.0209. The molecule has 5 rings (SSSR count). The van der Waals surface area contributed by atoms with Crippen LogP contribution in [0.25, 0.3) is 10.9 Å². The van der Waals surface area contributed by atoms with Crippen LogP contribution in [0.15, 0.2) is 60.8 Å². The Kier molecular flexibility index (Phi) is 5.34. The first-order chi connectivity index (χ1) is 14.7. The molecule has 0 saturated carbocycles. The van der Waals surface area contributed by atoms with Gasteiger partial charge in [0.05, 0.1) is 5.69 Å². The lowest BCUT2D eigenvalue weighted by Crippen LogP contribution is -2.29. The van der Waals surface area contributed by atoms with Crippen LogP contribution in [0.3, 0.4) is 0 Å². The van der Waals surface area contributed by atoms with Crippen molar-refractivity contribution in [3.63, 3.8) is 0 Å². The molecule has 2 N–H and O–H groups in total. The lowest BCUT2D eigenvalue weighted by Gasteiger charge is -2.25. The Morgan fingerprint density at radius 2 is 1.97 bits per heavy atom. The first kappa shape index (κ1) is 19.0. The number of anilines is 1. The number of hydrogen-bond acceptors (Lipinski definition) is 4. The van der Waals surface area contributed by atoms with Crippen LogP contribution < -0.4 is 5.32 Å². The van der Waals surface area contributed by atoms with Gasteiger partial charge in [0.1, 0.15) is 0 Å². The topological polar surface area (TPSA) is 61.0 Å². The first-order valence-corrected chi connectivity index (χ1v) is 11.2. The number of aryl methyl sites for hydroxylation is 1. The average molecular weight is 417 g/mol. The van der Waals surface area contributed by atoms with Gasteiger partial charge >= 0.3 is 0 Å². The molecule has 2 aromatic heterocycles. The Hall–Kier alpha value is -2.96. The summed E-state index contributed by atoms with van der Waals surface area (Å²) < 4.78 is 0. The minimum atomic E-state index is 0.0209. The lowest BCUT2D eigenvalue weighted by atomic mass is 10.1. The van der Waals surface area contributed by atoms with Crippen molar-refractivity contribution in [3.05, 3.63) is 82.5 Å². The normalized spacial score (nSPS) is 14.0. The molecule has 0 aliphatic carbocycles. The standard InChI is InChI=1S/C24H24N4OS/c29-23(11-10-18-14-25-20-9-5-4-8-19(18)20)27-24-26-21-12-13-28(16-22(21)30-24)15-17-6-2-1-3-7-17/h1-9,14,25H,10-13,15-16H2,(H,26,27,29). The molecule has 3 heterocycles. The molecule has 0 fully saturated rings. The average Bonchev–Trinajstić information content (AvgIpc) is 3.36. The van der Waals surface area contributed by atoms with Gasteiger partial charge in [0.2, 0.25) is 5.91 Å². The second kappa shape index (κ2) is 8.42. The minimum Gasteiger partial charge on any atom is -0.361 e. The molecule has 152 valence electrons. The molecule has 2 aromatic carbocycles. The molecule has 5 nitrogen and oxygen atoms in total. The van der Waals surface area contributed by atoms with E-state index in [4.69, 9.17) is 0 Å². The third-order valence-corrected chi connectivity index (χ3v) is 6.60. The number of carbonyl (C=O) groups is 1. The van der Waals surface area contributed by atoms with E-state index in [1.165, 1.54) is 21.4 Å². The molecular weight excluding hydrogens is 392 g/mol. The summed E-state index contributed by atoms with van der Waals surface area (Å²) in [5.74, 6) is 0.0209. The molecule has 1 amide bonds. The van der Waals surface area contributed by atoms with Gasteiger partial charge in [-0.05, 0) is 23.6 Å². The highest BCUT2D eigenvalue weighted by Gasteiger charge is 2.21. The van der Waals surface area contributed by atoms with Crippen LogP contribution in [-0.4, -0.2) is 27.3 Å². The lowest BCUT2D eigenvalue weighted by molar-refractivity contribution is -0.116. The van der Waals surface area contributed by atoms with Gasteiger partial charge in [-0.15, -0.1) is 11.3 Å². The van der Waals surface area contributed by atoms with E-state index in [2.05, 4.69) is 62.6 Å². The number of para-hydroxylation sites is 1. The van der Waals surface area contributed by atoms with E-state index in [0.29, 0.717) is 12.8 Å². The summed E-state index contributed by atoms with van der Waals surface area (Å²) in [5, 5.41) is 4.93. The van der Waals surface area contributed by atoms with E-state index < -0.39 is 0 Å². The summed E-state index contributed by atoms with van der Waals surface area (Å²) in [7, 11) is 0. The van der Waals surface area contributed by atoms with Crippen LogP contribution in [-0.2, 0) is 30.7 Å². The van der Waals surface area contributed by atoms with Gasteiger partial charge in [0, 0.05) is 54.5 Å². The molecule has 6 heteroatoms. The number of aromatic nitrogens is 2. The van der Waals surface area contributed by atoms with Crippen molar-refractivity contribution in [2.45, 2.75) is 32.4 Å². The number of nitrogens with zero attached hydrogens (tertiary/aromatic N) is 2. The number of H-pyrrole nitrogens is 1. The molecule has 30 heavy (non-hydrogen) atoms. The van der Waals surface area contributed by atoms with Gasteiger partial charge in [0.15, 0.2) is 5.13 Å². The molecule has 4 aromatic rings. The number of rotatable bonds is 6. The van der Waals surface area contributed by atoms with Gasteiger partial charge < -0.3 is 10.3 Å². The van der Waals surface area contributed by atoms with Crippen molar-refractivity contribution in [1.29, 1.82) is 0 Å². The molecule has 1 aliphatic rings. The molecule has 0 radical (unpaired) electrons. The van der Waals surface area contributed by atoms with Crippen LogP contribution in [0.1, 0.15) is 28.1 Å². The smallest absolute Gasteiger partial charge is 0.226 e. The second-order valence-electron chi connectivity index (χ2n) is 7.74. The fourth-order valence-electron chi connectivity index (χ4n) is 4.05. The fraction of sp³-hybridized carbons (Fsp3) is 0.250. The van der Waals surface area contributed by atoms with Gasteiger partial charge in [-0.2, -0.15) is 0 Å². The number of benzene rings is 2. The van der Waals surface area contributed by atoms with Gasteiger partial charge in [-0.1, -0.05) is 48.5 Å². The van der Waals surface area contributed by atoms with E-state index in [1.54, 1.807) is 11.3 Å². The summed E-state index contributed by atoms with van der Waals surface area (Å²) in [5.41, 5.74) is 4.75. The summed E-state index contributed by atoms with van der Waals surface area (Å²) >= 11 is 1.61. The van der Waals surface area contributed by atoms with Crippen molar-refractivity contribution in [2.24, 2.45) is 0 Å². The van der Waals surface area contributed by atoms with E-state index in [0.717, 1.165) is 42.4 Å². The molecule has 0 spiro atoms. The monoisotopic (exact) mass is 416 g/mol. The number of aromatic amines is 1. The Bertz CT molecular complexity index is 1160. The second-order valence-corrected chi connectivity index (χ2v) is 8.83. The maximum atomic E-state index is 12.5. The third-order valence-electron chi connectivity index (χ3n) is 5.60. The largest absolute Gasteiger partial charge is 0.361 e. The highest BCUT2D eigenvalue weighted by Crippen LogP contribution is 2.29. The number of carbonyl (C=O) groups excluding carboxylic acids is 1. The van der Waals surface area contributed by atoms with Crippen molar-refractivity contribution < 1.29 is 4.79 Å². The summed E-state index contributed by atoms with van der Waals surface area (Å²) in [6.07, 6.45) is 4.10. The van der Waals surface area contributed by atoms with Crippen LogP contribution in [0.5, 0.6) is 0 Å². The maximum Gasteiger partial charge on any atom is 0.226 e. The predicted molar refractivity (Wildman–Crippen MR) is 122 cm³/mol. The highest BCUT2D eigenvalue weighted by molar-refractivity contribution is 7.15. The Labute approximate surface area is 179 Å². The maximum absolute atomic E-state index is 12.5. The van der Waals surface area contributed by atoms with E-state index in [9.17, 15) is 4.79 Å². The van der Waals surface area contributed by atoms with E-state index >= 15 is 0 Å². The van der Waals surface area contributed by atoms with Crippen molar-refractivity contribution >= 4 is 33.3 Å². The van der Waals surface area contributed by atoms with Crippen molar-refractivity contribution in [1.82, 2.24) is 14.9 Å². The quantitative estimate of drug-likeness (QED) is 0.477. The zero-order chi connectivity index (χ0) is 20.3. The number of amides is 1. The van der Waals surface area contributed by atoms with Crippen LogP contribution >= 0.6 is 11.3 Å². The SMILES string of the molecule is O=C(CCc1c[nH]c2ccccc12)Nc1nc2c(s1)CN(Cc1ccccc1)CC2. The zero-order valence-corrected chi connectivity index (χ0v) is 17.5. The Morgan fingerprint density at radius 3 is 2.87 bits per heavy atom.